The first-order valence-electron chi connectivity index (χ1n) is 8.74. The Morgan fingerprint density at radius 3 is 2.83 bits per heavy atom. The van der Waals surface area contributed by atoms with E-state index in [0.29, 0.717) is 17.0 Å². The van der Waals surface area contributed by atoms with Crippen LogP contribution in [0.1, 0.15) is 44.4 Å². The third-order valence-electron chi connectivity index (χ3n) is 4.57. The Morgan fingerprint density at radius 2 is 2.12 bits per heavy atom. The van der Waals surface area contributed by atoms with Crippen molar-refractivity contribution in [3.8, 4) is 0 Å². The number of nitrogens with one attached hydrogen (secondary N) is 1. The van der Waals surface area contributed by atoms with E-state index in [0.717, 1.165) is 42.1 Å². The fourth-order valence-corrected chi connectivity index (χ4v) is 3.37. The average molecular weight is 345 g/mol. The van der Waals surface area contributed by atoms with Crippen LogP contribution < -0.4 is 10.2 Å². The summed E-state index contributed by atoms with van der Waals surface area (Å²) in [5, 5.41) is 4.07. The molecule has 2 heterocycles. The quantitative estimate of drug-likeness (QED) is 0.817. The van der Waals surface area contributed by atoms with Gasteiger partial charge in [-0.2, -0.15) is 4.98 Å². The van der Waals surface area contributed by atoms with Crippen molar-refractivity contribution in [1.82, 2.24) is 9.97 Å². The lowest BCUT2D eigenvalue weighted by atomic mass is 10.2. The molecule has 1 atom stereocenters. The van der Waals surface area contributed by atoms with E-state index < -0.39 is 0 Å². The van der Waals surface area contributed by atoms with Crippen molar-refractivity contribution in [3.63, 3.8) is 0 Å². The second kappa shape index (κ2) is 7.39. The average Bonchev–Trinajstić information content (AvgIpc) is 2.97. The van der Waals surface area contributed by atoms with Gasteiger partial charge >= 0.3 is 0 Å². The van der Waals surface area contributed by atoms with Gasteiger partial charge in [-0.3, -0.25) is 0 Å². The van der Waals surface area contributed by atoms with E-state index in [9.17, 15) is 0 Å². The second-order valence-corrected chi connectivity index (χ2v) is 7.00. The Labute approximate surface area is 149 Å². The number of hydrogen-bond donors (Lipinski definition) is 1. The molecule has 0 unspecified atom stereocenters. The molecule has 3 rings (SSSR count). The molecule has 0 amide bonds. The molecule has 4 nitrogen and oxygen atoms in total. The zero-order valence-electron chi connectivity index (χ0n) is 14.6. The molecule has 1 aliphatic rings. The summed E-state index contributed by atoms with van der Waals surface area (Å²) in [5.41, 5.74) is 3.17. The molecule has 2 aromatic rings. The summed E-state index contributed by atoms with van der Waals surface area (Å²) in [5.74, 6) is 1.68. The first kappa shape index (κ1) is 17.0. The third-order valence-corrected chi connectivity index (χ3v) is 4.80. The van der Waals surface area contributed by atoms with Gasteiger partial charge in [-0.25, -0.2) is 4.98 Å². The van der Waals surface area contributed by atoms with Gasteiger partial charge in [0.25, 0.3) is 0 Å². The minimum absolute atomic E-state index is 0.537. The van der Waals surface area contributed by atoms with Crippen molar-refractivity contribution in [3.05, 3.63) is 40.5 Å². The smallest absolute Gasteiger partial charge is 0.229 e. The summed E-state index contributed by atoms with van der Waals surface area (Å²) < 4.78 is 0. The predicted octanol–water partition coefficient (Wildman–Crippen LogP) is 5.12. The van der Waals surface area contributed by atoms with Gasteiger partial charge in [-0.15, -0.1) is 0 Å². The SMILES string of the molecule is CCCc1cc(N2CCC[C@H]2C)nc(Nc2cc(Cl)ccc2C)n1. The highest BCUT2D eigenvalue weighted by atomic mass is 35.5. The van der Waals surface area contributed by atoms with Crippen LogP contribution in [-0.4, -0.2) is 22.6 Å². The molecule has 1 aromatic heterocycles. The monoisotopic (exact) mass is 344 g/mol. The molecule has 0 spiro atoms. The molecule has 24 heavy (non-hydrogen) atoms. The molecule has 5 heteroatoms. The van der Waals surface area contributed by atoms with Gasteiger partial charge in [0.15, 0.2) is 0 Å². The van der Waals surface area contributed by atoms with Crippen LogP contribution in [0.15, 0.2) is 24.3 Å². The molecule has 1 aromatic carbocycles. The minimum atomic E-state index is 0.537. The highest BCUT2D eigenvalue weighted by Crippen LogP contribution is 2.27. The van der Waals surface area contributed by atoms with Crippen molar-refractivity contribution in [1.29, 1.82) is 0 Å². The van der Waals surface area contributed by atoms with E-state index in [2.05, 4.69) is 37.1 Å². The number of rotatable bonds is 5. The normalized spacial score (nSPS) is 17.3. The van der Waals surface area contributed by atoms with E-state index in [1.54, 1.807) is 0 Å². The lowest BCUT2D eigenvalue weighted by molar-refractivity contribution is 0.724. The molecular weight excluding hydrogens is 320 g/mol. The number of aryl methyl sites for hydroxylation is 2. The first-order chi connectivity index (χ1) is 11.6. The molecule has 0 radical (unpaired) electrons. The van der Waals surface area contributed by atoms with Crippen LogP contribution in [0.4, 0.5) is 17.5 Å². The molecule has 128 valence electrons. The molecule has 1 aliphatic heterocycles. The molecule has 0 bridgehead atoms. The lowest BCUT2D eigenvalue weighted by Crippen LogP contribution is -2.27. The summed E-state index contributed by atoms with van der Waals surface area (Å²) in [6.45, 7) is 7.56. The zero-order chi connectivity index (χ0) is 17.1. The highest BCUT2D eigenvalue weighted by molar-refractivity contribution is 6.30. The van der Waals surface area contributed by atoms with Gasteiger partial charge in [0.1, 0.15) is 5.82 Å². The topological polar surface area (TPSA) is 41.1 Å². The minimum Gasteiger partial charge on any atom is -0.354 e. The maximum atomic E-state index is 6.13. The van der Waals surface area contributed by atoms with Gasteiger partial charge < -0.3 is 10.2 Å². The van der Waals surface area contributed by atoms with Gasteiger partial charge in [-0.1, -0.05) is 31.0 Å². The van der Waals surface area contributed by atoms with Gasteiger partial charge in [-0.05, 0) is 50.8 Å². The second-order valence-electron chi connectivity index (χ2n) is 6.56. The number of halogens is 1. The fourth-order valence-electron chi connectivity index (χ4n) is 3.19. The summed E-state index contributed by atoms with van der Waals surface area (Å²) in [6.07, 6.45) is 4.48. The maximum Gasteiger partial charge on any atom is 0.229 e. The number of nitrogens with zero attached hydrogens (tertiary/aromatic N) is 3. The van der Waals surface area contributed by atoms with E-state index in [-0.39, 0.29) is 0 Å². The molecule has 0 saturated carbocycles. The molecule has 1 saturated heterocycles. The summed E-state index contributed by atoms with van der Waals surface area (Å²) >= 11 is 6.13. The number of hydrogen-bond acceptors (Lipinski definition) is 4. The molecule has 1 N–H and O–H groups in total. The van der Waals surface area contributed by atoms with Crippen molar-refractivity contribution in [2.45, 2.75) is 52.5 Å². The maximum absolute atomic E-state index is 6.13. The Kier molecular flexibility index (Phi) is 5.24. The first-order valence-corrected chi connectivity index (χ1v) is 9.12. The van der Waals surface area contributed by atoms with Gasteiger partial charge in [0, 0.05) is 35.1 Å². The van der Waals surface area contributed by atoms with Crippen LogP contribution in [0.2, 0.25) is 5.02 Å². The van der Waals surface area contributed by atoms with Crippen molar-refractivity contribution >= 4 is 29.1 Å². The van der Waals surface area contributed by atoms with Crippen molar-refractivity contribution in [2.24, 2.45) is 0 Å². The molecular formula is C19H25ClN4. The lowest BCUT2D eigenvalue weighted by Gasteiger charge is -2.23. The van der Waals surface area contributed by atoms with Crippen molar-refractivity contribution < 1.29 is 0 Å². The highest BCUT2D eigenvalue weighted by Gasteiger charge is 2.22. The zero-order valence-corrected chi connectivity index (χ0v) is 15.4. The standard InChI is InChI=1S/C19H25ClN4/c1-4-6-16-12-18(24-10-5-7-14(24)3)23-19(21-16)22-17-11-15(20)9-8-13(17)2/h8-9,11-12,14H,4-7,10H2,1-3H3,(H,21,22,23)/t14-/m1/s1. The summed E-state index contributed by atoms with van der Waals surface area (Å²) in [6, 6.07) is 8.50. The Balaban J connectivity index is 1.94. The number of anilines is 3. The fraction of sp³-hybridized carbons (Fsp3) is 0.474. The van der Waals surface area contributed by atoms with Crippen LogP contribution in [0.5, 0.6) is 0 Å². The molecule has 1 fully saturated rings. The summed E-state index contributed by atoms with van der Waals surface area (Å²) in [4.78, 5) is 11.9. The van der Waals surface area contributed by atoms with Crippen molar-refractivity contribution in [2.75, 3.05) is 16.8 Å². The Bertz CT molecular complexity index is 717. The summed E-state index contributed by atoms with van der Waals surface area (Å²) in [7, 11) is 0. The number of benzene rings is 1. The van der Waals surface area contributed by atoms with E-state index in [1.807, 2.05) is 18.2 Å². The Morgan fingerprint density at radius 1 is 1.29 bits per heavy atom. The van der Waals surface area contributed by atoms with Gasteiger partial charge in [0.2, 0.25) is 5.95 Å². The molecule has 0 aliphatic carbocycles. The number of aromatic nitrogens is 2. The van der Waals surface area contributed by atoms with Gasteiger partial charge in [0.05, 0.1) is 0 Å². The third kappa shape index (κ3) is 3.81. The van der Waals surface area contributed by atoms with Crippen LogP contribution in [-0.2, 0) is 6.42 Å². The largest absolute Gasteiger partial charge is 0.354 e. The van der Waals surface area contributed by atoms with E-state index in [1.165, 1.54) is 12.8 Å². The predicted molar refractivity (Wildman–Crippen MR) is 102 cm³/mol. The van der Waals surface area contributed by atoms with Crippen LogP contribution >= 0.6 is 11.6 Å². The van der Waals surface area contributed by atoms with E-state index >= 15 is 0 Å². The van der Waals surface area contributed by atoms with Crippen LogP contribution in [0.25, 0.3) is 0 Å². The van der Waals surface area contributed by atoms with E-state index in [4.69, 9.17) is 21.6 Å². The Hall–Kier alpha value is -1.81. The van der Waals surface area contributed by atoms with Crippen LogP contribution in [0.3, 0.4) is 0 Å². The van der Waals surface area contributed by atoms with Crippen LogP contribution in [0, 0.1) is 6.92 Å².